The number of amides is 1. The minimum Gasteiger partial charge on any atom is -0.450 e. The number of fused-ring (bicyclic) bond motifs is 1. The maximum Gasteiger partial charge on any atom is 0.455 e. The van der Waals surface area contributed by atoms with Gasteiger partial charge < -0.3 is 9.72 Å². The van der Waals surface area contributed by atoms with Crippen molar-refractivity contribution in [3.8, 4) is 0 Å². The highest BCUT2D eigenvalue weighted by Crippen LogP contribution is 2.37. The number of H-pyrrole nitrogens is 1. The van der Waals surface area contributed by atoms with Gasteiger partial charge in [-0.3, -0.25) is 10.1 Å². The molecule has 2 N–H and O–H groups in total. The van der Waals surface area contributed by atoms with Crippen molar-refractivity contribution in [3.05, 3.63) is 27.7 Å². The molecule has 2 aromatic rings. The van der Waals surface area contributed by atoms with Crippen LogP contribution in [0.4, 0.5) is 23.8 Å². The Kier molecular flexibility index (Phi) is 4.76. The van der Waals surface area contributed by atoms with Crippen LogP contribution in [-0.2, 0) is 4.74 Å². The summed E-state index contributed by atoms with van der Waals surface area (Å²) in [6.45, 7) is 1.52. The number of alkyl halides is 3. The molecule has 1 aromatic carbocycles. The molecule has 5 nitrogen and oxygen atoms in total. The zero-order valence-corrected chi connectivity index (χ0v) is 13.0. The molecule has 0 fully saturated rings. The summed E-state index contributed by atoms with van der Waals surface area (Å²) in [6.07, 6.45) is -6.16. The first kappa shape index (κ1) is 17.4. The first-order valence-electron chi connectivity index (χ1n) is 6.21. The molecule has 0 aliphatic carbocycles. The molecule has 0 saturated heterocycles. The van der Waals surface area contributed by atoms with Gasteiger partial charge in [0.1, 0.15) is 5.82 Å². The molecule has 0 radical (unpaired) electrons. The summed E-state index contributed by atoms with van der Waals surface area (Å²) in [5.41, 5.74) is -0.750. The van der Waals surface area contributed by atoms with Crippen molar-refractivity contribution in [2.45, 2.75) is 13.1 Å². The number of aromatic nitrogens is 1. The van der Waals surface area contributed by atoms with E-state index >= 15 is 0 Å². The van der Waals surface area contributed by atoms with Crippen LogP contribution in [0, 0.1) is 0 Å². The molecule has 0 aliphatic heterocycles. The number of nitrogens with one attached hydrogen (secondary N) is 2. The number of hydrogen-bond acceptors (Lipinski definition) is 3. The summed E-state index contributed by atoms with van der Waals surface area (Å²) in [4.78, 5) is 25.6. The fourth-order valence-electron chi connectivity index (χ4n) is 1.96. The lowest BCUT2D eigenvalue weighted by molar-refractivity contribution is -0.0883. The lowest BCUT2D eigenvalue weighted by atomic mass is 10.1. The number of carbonyl (C=O) groups is 2. The van der Waals surface area contributed by atoms with Gasteiger partial charge in [-0.05, 0) is 19.1 Å². The maximum atomic E-state index is 12.8. The monoisotopic (exact) mass is 368 g/mol. The maximum absolute atomic E-state index is 12.8. The van der Waals surface area contributed by atoms with Crippen LogP contribution >= 0.6 is 23.2 Å². The van der Waals surface area contributed by atoms with Crippen LogP contribution in [0.3, 0.4) is 0 Å². The summed E-state index contributed by atoms with van der Waals surface area (Å²) in [5, 5.41) is 1.95. The highest BCUT2D eigenvalue weighted by atomic mass is 35.5. The predicted octanol–water partition coefficient (Wildman–Crippen LogP) is 4.79. The topological polar surface area (TPSA) is 71.2 Å². The van der Waals surface area contributed by atoms with Gasteiger partial charge in [-0.25, -0.2) is 4.79 Å². The van der Waals surface area contributed by atoms with E-state index in [9.17, 15) is 22.8 Å². The molecule has 0 bridgehead atoms. The van der Waals surface area contributed by atoms with E-state index in [4.69, 9.17) is 23.2 Å². The van der Waals surface area contributed by atoms with Crippen molar-refractivity contribution in [2.24, 2.45) is 0 Å². The number of aromatic amines is 1. The van der Waals surface area contributed by atoms with Gasteiger partial charge in [0.15, 0.2) is 0 Å². The molecule has 2 rings (SSSR count). The molecule has 0 spiro atoms. The average Bonchev–Trinajstić information content (AvgIpc) is 2.75. The van der Waals surface area contributed by atoms with Crippen molar-refractivity contribution in [1.82, 2.24) is 4.98 Å². The number of Topliss-reactive ketones (excluding diaryl/α,β-unsaturated/α-hetero) is 1. The molecule has 0 unspecified atom stereocenters. The first-order valence-corrected chi connectivity index (χ1v) is 6.96. The Morgan fingerprint density at radius 1 is 1.30 bits per heavy atom. The Balaban J connectivity index is 2.67. The van der Waals surface area contributed by atoms with Crippen molar-refractivity contribution in [2.75, 3.05) is 11.9 Å². The normalized spacial score (nSPS) is 11.6. The fraction of sp³-hybridized carbons (Fsp3) is 0.231. The SMILES string of the molecule is CCOC(=O)Nc1[nH]c2c(Cl)cc(Cl)cc2c1C(=O)C(F)(F)F. The molecule has 0 saturated carbocycles. The molecule has 10 heteroatoms. The zero-order valence-electron chi connectivity index (χ0n) is 11.5. The van der Waals surface area contributed by atoms with Gasteiger partial charge in [-0.2, -0.15) is 13.2 Å². The molecule has 23 heavy (non-hydrogen) atoms. The van der Waals surface area contributed by atoms with Crippen LogP contribution < -0.4 is 5.32 Å². The van der Waals surface area contributed by atoms with E-state index in [0.29, 0.717) is 0 Å². The summed E-state index contributed by atoms with van der Waals surface area (Å²) in [6, 6.07) is 2.44. The van der Waals surface area contributed by atoms with E-state index in [1.54, 1.807) is 0 Å². The van der Waals surface area contributed by atoms with Crippen molar-refractivity contribution < 1.29 is 27.5 Å². The first-order chi connectivity index (χ1) is 10.6. The fourth-order valence-corrected chi connectivity index (χ4v) is 2.50. The standard InChI is InChI=1S/C13H9Cl2F3N2O3/c1-2-23-12(22)20-11-8(10(21)13(16,17)18)6-3-5(14)4-7(15)9(6)19-11/h3-4,19H,2H2,1H3,(H,20,22). The van der Waals surface area contributed by atoms with Crippen molar-refractivity contribution in [3.63, 3.8) is 0 Å². The van der Waals surface area contributed by atoms with Gasteiger partial charge >= 0.3 is 12.3 Å². The number of benzene rings is 1. The number of anilines is 1. The number of rotatable bonds is 3. The highest BCUT2D eigenvalue weighted by molar-refractivity contribution is 6.39. The Morgan fingerprint density at radius 2 is 1.96 bits per heavy atom. The van der Waals surface area contributed by atoms with Crippen molar-refractivity contribution >= 4 is 51.8 Å². The summed E-state index contributed by atoms with van der Waals surface area (Å²) < 4.78 is 43.1. The molecule has 124 valence electrons. The van der Waals surface area contributed by atoms with E-state index < -0.39 is 29.4 Å². The number of ketones is 1. The van der Waals surface area contributed by atoms with Crippen LogP contribution in [0.2, 0.25) is 10.0 Å². The molecular weight excluding hydrogens is 360 g/mol. The van der Waals surface area contributed by atoms with E-state index in [2.05, 4.69) is 15.0 Å². The van der Waals surface area contributed by atoms with E-state index in [1.165, 1.54) is 13.0 Å². The second-order valence-corrected chi connectivity index (χ2v) is 5.20. The number of hydrogen-bond donors (Lipinski definition) is 2. The predicted molar refractivity (Wildman–Crippen MR) is 79.3 cm³/mol. The van der Waals surface area contributed by atoms with E-state index in [-0.39, 0.29) is 27.6 Å². The molecule has 1 heterocycles. The van der Waals surface area contributed by atoms with Crippen LogP contribution in [-0.4, -0.2) is 29.6 Å². The molecule has 1 amide bonds. The molecular formula is C13H9Cl2F3N2O3. The number of ether oxygens (including phenoxy) is 1. The van der Waals surface area contributed by atoms with Crippen LogP contribution in [0.5, 0.6) is 0 Å². The number of halogens is 5. The van der Waals surface area contributed by atoms with Gasteiger partial charge in [0.2, 0.25) is 0 Å². The van der Waals surface area contributed by atoms with Crippen LogP contribution in [0.1, 0.15) is 17.3 Å². The average molecular weight is 369 g/mol. The van der Waals surface area contributed by atoms with Gasteiger partial charge in [-0.15, -0.1) is 0 Å². The largest absolute Gasteiger partial charge is 0.455 e. The van der Waals surface area contributed by atoms with E-state index in [1.807, 2.05) is 0 Å². The Hall–Kier alpha value is -1.93. The Bertz CT molecular complexity index is 787. The van der Waals surface area contributed by atoms with E-state index in [0.717, 1.165) is 6.07 Å². The van der Waals surface area contributed by atoms with Crippen molar-refractivity contribution in [1.29, 1.82) is 0 Å². The molecule has 0 aliphatic rings. The zero-order chi connectivity index (χ0) is 17.4. The van der Waals surface area contributed by atoms with Crippen LogP contribution in [0.25, 0.3) is 10.9 Å². The quantitative estimate of drug-likeness (QED) is 0.765. The molecule has 0 atom stereocenters. The number of carbonyl (C=O) groups excluding carboxylic acids is 2. The summed E-state index contributed by atoms with van der Waals surface area (Å²) in [5.74, 6) is -2.61. The van der Waals surface area contributed by atoms with Crippen LogP contribution in [0.15, 0.2) is 12.1 Å². The van der Waals surface area contributed by atoms with Gasteiger partial charge in [0.05, 0.1) is 22.7 Å². The van der Waals surface area contributed by atoms with Gasteiger partial charge in [0, 0.05) is 10.4 Å². The second kappa shape index (κ2) is 6.29. The smallest absolute Gasteiger partial charge is 0.450 e. The van der Waals surface area contributed by atoms with Gasteiger partial charge in [-0.1, -0.05) is 23.2 Å². The minimum atomic E-state index is -5.14. The lowest BCUT2D eigenvalue weighted by Crippen LogP contribution is -2.24. The third-order valence-electron chi connectivity index (χ3n) is 2.81. The lowest BCUT2D eigenvalue weighted by Gasteiger charge is -2.08. The summed E-state index contributed by atoms with van der Waals surface area (Å²) in [7, 11) is 0. The highest BCUT2D eigenvalue weighted by Gasteiger charge is 2.42. The van der Waals surface area contributed by atoms with Gasteiger partial charge in [0.25, 0.3) is 5.78 Å². The summed E-state index contributed by atoms with van der Waals surface area (Å²) >= 11 is 11.7. The minimum absolute atomic E-state index is 0.000586. The molecule has 1 aromatic heterocycles. The Labute approximate surface area is 137 Å². The third-order valence-corrected chi connectivity index (χ3v) is 3.33. The Morgan fingerprint density at radius 3 is 2.52 bits per heavy atom. The second-order valence-electron chi connectivity index (χ2n) is 4.36. The third kappa shape index (κ3) is 3.53.